The van der Waals surface area contributed by atoms with Crippen molar-refractivity contribution in [3.8, 4) is 11.5 Å². The largest absolute Gasteiger partial charge is 0.486 e. The van der Waals surface area contributed by atoms with E-state index in [1.54, 1.807) is 0 Å². The summed E-state index contributed by atoms with van der Waals surface area (Å²) in [6.07, 6.45) is 3.38. The van der Waals surface area contributed by atoms with E-state index >= 15 is 0 Å². The van der Waals surface area contributed by atoms with Crippen LogP contribution in [0.4, 0.5) is 4.79 Å². The van der Waals surface area contributed by atoms with Gasteiger partial charge in [0.2, 0.25) is 5.91 Å². The molecule has 0 saturated carbocycles. The third-order valence-corrected chi connectivity index (χ3v) is 7.50. The summed E-state index contributed by atoms with van der Waals surface area (Å²) < 4.78 is 11.3. The Kier molecular flexibility index (Phi) is 6.61. The molecule has 3 heterocycles. The highest BCUT2D eigenvalue weighted by Gasteiger charge is 2.42. The lowest BCUT2D eigenvalue weighted by Crippen LogP contribution is -2.36. The highest BCUT2D eigenvalue weighted by molar-refractivity contribution is 8.00. The number of unbranched alkanes of at least 4 members (excludes halogenated alkanes) is 1. The molecule has 164 valence electrons. The van der Waals surface area contributed by atoms with E-state index in [1.165, 1.54) is 0 Å². The SMILES string of the molecule is CC(C)[C@H](NC(=O)CCCC[C@@H]1SC[C@@H]2NC(=O)N[C@@H]21)c1ccc2c(c1)OCCO2. The number of rotatable bonds is 8. The predicted molar refractivity (Wildman–Crippen MR) is 117 cm³/mol. The van der Waals surface area contributed by atoms with Gasteiger partial charge in [-0.3, -0.25) is 4.79 Å². The minimum atomic E-state index is -0.0563. The second-order valence-corrected chi connectivity index (χ2v) is 9.83. The van der Waals surface area contributed by atoms with Gasteiger partial charge in [0.15, 0.2) is 11.5 Å². The maximum Gasteiger partial charge on any atom is 0.315 e. The van der Waals surface area contributed by atoms with Crippen LogP contribution < -0.4 is 25.4 Å². The lowest BCUT2D eigenvalue weighted by atomic mass is 9.95. The zero-order valence-corrected chi connectivity index (χ0v) is 18.4. The summed E-state index contributed by atoms with van der Waals surface area (Å²) in [5.41, 5.74) is 1.04. The minimum absolute atomic E-state index is 0.0476. The van der Waals surface area contributed by atoms with Crippen molar-refractivity contribution in [1.29, 1.82) is 0 Å². The fraction of sp³-hybridized carbons (Fsp3) is 0.636. The van der Waals surface area contributed by atoms with Crippen molar-refractivity contribution in [1.82, 2.24) is 16.0 Å². The molecule has 8 heteroatoms. The highest BCUT2D eigenvalue weighted by atomic mass is 32.2. The first-order valence-corrected chi connectivity index (χ1v) is 11.9. The Labute approximate surface area is 182 Å². The van der Waals surface area contributed by atoms with Crippen molar-refractivity contribution in [3.63, 3.8) is 0 Å². The smallest absolute Gasteiger partial charge is 0.315 e. The van der Waals surface area contributed by atoms with Crippen LogP contribution >= 0.6 is 11.8 Å². The van der Waals surface area contributed by atoms with Crippen LogP contribution in [0.2, 0.25) is 0 Å². The summed E-state index contributed by atoms with van der Waals surface area (Å²) in [5, 5.41) is 9.64. The molecule has 0 unspecified atom stereocenters. The lowest BCUT2D eigenvalue weighted by molar-refractivity contribution is -0.122. The van der Waals surface area contributed by atoms with Gasteiger partial charge >= 0.3 is 6.03 Å². The average molecular weight is 434 g/mol. The second-order valence-electron chi connectivity index (χ2n) is 8.56. The molecule has 1 aromatic rings. The molecule has 3 aliphatic rings. The van der Waals surface area contributed by atoms with Gasteiger partial charge in [-0.25, -0.2) is 4.79 Å². The van der Waals surface area contributed by atoms with E-state index in [0.717, 1.165) is 42.1 Å². The number of hydrogen-bond acceptors (Lipinski definition) is 5. The lowest BCUT2D eigenvalue weighted by Gasteiger charge is -2.25. The fourth-order valence-corrected chi connectivity index (χ4v) is 5.95. The number of benzene rings is 1. The molecule has 7 nitrogen and oxygen atoms in total. The summed E-state index contributed by atoms with van der Waals surface area (Å²) >= 11 is 1.92. The normalized spacial score (nSPS) is 25.4. The monoisotopic (exact) mass is 433 g/mol. The van der Waals surface area contributed by atoms with Gasteiger partial charge in [0.25, 0.3) is 0 Å². The number of thioether (sulfide) groups is 1. The number of nitrogens with one attached hydrogen (secondary N) is 3. The molecular formula is C22H31N3O4S. The summed E-state index contributed by atoms with van der Waals surface area (Å²) in [7, 11) is 0. The van der Waals surface area contributed by atoms with Crippen LogP contribution in [0.25, 0.3) is 0 Å². The second kappa shape index (κ2) is 9.37. The highest BCUT2D eigenvalue weighted by Crippen LogP contribution is 2.35. The quantitative estimate of drug-likeness (QED) is 0.433. The summed E-state index contributed by atoms with van der Waals surface area (Å²) in [6.45, 7) is 5.34. The molecule has 0 aromatic heterocycles. The summed E-state index contributed by atoms with van der Waals surface area (Å²) in [5.74, 6) is 2.83. The third kappa shape index (κ3) is 4.79. The van der Waals surface area contributed by atoms with Crippen LogP contribution in [0.5, 0.6) is 11.5 Å². The van der Waals surface area contributed by atoms with Crippen LogP contribution in [0.3, 0.4) is 0 Å². The van der Waals surface area contributed by atoms with Crippen LogP contribution in [-0.4, -0.2) is 48.2 Å². The Morgan fingerprint density at radius 2 is 2.00 bits per heavy atom. The van der Waals surface area contributed by atoms with E-state index in [2.05, 4.69) is 29.8 Å². The molecule has 4 rings (SSSR count). The Balaban J connectivity index is 1.24. The molecule has 0 aliphatic carbocycles. The molecule has 3 aliphatic heterocycles. The molecule has 2 saturated heterocycles. The predicted octanol–water partition coefficient (Wildman–Crippen LogP) is 3.00. The standard InChI is InChI=1S/C22H31N3O4S/c1-13(2)20(14-7-8-16-17(11-14)29-10-9-28-16)24-19(26)6-4-3-5-18-21-15(12-30-18)23-22(27)25-21/h7-8,11,13,15,18,20-21H,3-6,9-10,12H2,1-2H3,(H,24,26)(H2,23,25,27)/t15-,18-,20-,21-/m0/s1. The van der Waals surface area contributed by atoms with Crippen molar-refractivity contribution < 1.29 is 19.1 Å². The van der Waals surface area contributed by atoms with Crippen LogP contribution in [0, 0.1) is 5.92 Å². The van der Waals surface area contributed by atoms with Gasteiger partial charge in [-0.1, -0.05) is 26.3 Å². The molecule has 1 aromatic carbocycles. The number of ether oxygens (including phenoxy) is 2. The number of hydrogen-bond donors (Lipinski definition) is 3. The van der Waals surface area contributed by atoms with E-state index in [0.29, 0.717) is 24.9 Å². The number of carbonyl (C=O) groups excluding carboxylic acids is 2. The Bertz CT molecular complexity index is 788. The van der Waals surface area contributed by atoms with Crippen molar-refractivity contribution >= 4 is 23.7 Å². The zero-order chi connectivity index (χ0) is 21.1. The van der Waals surface area contributed by atoms with Gasteiger partial charge in [-0.15, -0.1) is 0 Å². The molecule has 3 N–H and O–H groups in total. The van der Waals surface area contributed by atoms with Gasteiger partial charge in [0, 0.05) is 17.4 Å². The molecule has 0 radical (unpaired) electrons. The number of urea groups is 1. The van der Waals surface area contributed by atoms with Crippen molar-refractivity contribution in [2.45, 2.75) is 62.9 Å². The number of amides is 3. The summed E-state index contributed by atoms with van der Waals surface area (Å²) in [6, 6.07) is 6.31. The third-order valence-electron chi connectivity index (χ3n) is 5.99. The minimum Gasteiger partial charge on any atom is -0.486 e. The summed E-state index contributed by atoms with van der Waals surface area (Å²) in [4.78, 5) is 24.1. The molecule has 3 amide bonds. The maximum atomic E-state index is 12.6. The molecular weight excluding hydrogens is 402 g/mol. The maximum absolute atomic E-state index is 12.6. The van der Waals surface area contributed by atoms with Crippen molar-refractivity contribution in [2.75, 3.05) is 19.0 Å². The zero-order valence-electron chi connectivity index (χ0n) is 17.6. The van der Waals surface area contributed by atoms with E-state index in [1.807, 2.05) is 30.0 Å². The van der Waals surface area contributed by atoms with Gasteiger partial charge in [-0.2, -0.15) is 11.8 Å². The first-order valence-electron chi connectivity index (χ1n) is 10.9. The Hall–Kier alpha value is -2.09. The Morgan fingerprint density at radius 1 is 1.20 bits per heavy atom. The molecule has 0 spiro atoms. The van der Waals surface area contributed by atoms with Crippen LogP contribution in [0.1, 0.15) is 51.1 Å². The molecule has 30 heavy (non-hydrogen) atoms. The van der Waals surface area contributed by atoms with E-state index in [9.17, 15) is 9.59 Å². The van der Waals surface area contributed by atoms with Crippen molar-refractivity contribution in [2.24, 2.45) is 5.92 Å². The first kappa shape index (κ1) is 21.2. The van der Waals surface area contributed by atoms with Gasteiger partial charge < -0.3 is 25.4 Å². The number of carbonyl (C=O) groups is 2. The average Bonchev–Trinajstić information content (AvgIpc) is 3.28. The van der Waals surface area contributed by atoms with E-state index < -0.39 is 0 Å². The fourth-order valence-electron chi connectivity index (χ4n) is 4.41. The van der Waals surface area contributed by atoms with E-state index in [-0.39, 0.29) is 36.0 Å². The van der Waals surface area contributed by atoms with Crippen LogP contribution in [0.15, 0.2) is 18.2 Å². The Morgan fingerprint density at radius 3 is 2.80 bits per heavy atom. The first-order chi connectivity index (χ1) is 14.5. The molecule has 4 atom stereocenters. The van der Waals surface area contributed by atoms with Gasteiger partial charge in [0.05, 0.1) is 18.1 Å². The molecule has 0 bridgehead atoms. The van der Waals surface area contributed by atoms with Gasteiger partial charge in [-0.05, 0) is 36.5 Å². The number of fused-ring (bicyclic) bond motifs is 2. The van der Waals surface area contributed by atoms with Crippen LogP contribution in [-0.2, 0) is 4.79 Å². The van der Waals surface area contributed by atoms with Crippen molar-refractivity contribution in [3.05, 3.63) is 23.8 Å². The van der Waals surface area contributed by atoms with E-state index in [4.69, 9.17) is 9.47 Å². The topological polar surface area (TPSA) is 88.7 Å². The van der Waals surface area contributed by atoms with Gasteiger partial charge in [0.1, 0.15) is 13.2 Å². The molecule has 2 fully saturated rings.